The first-order valence-electron chi connectivity index (χ1n) is 11.0. The fourth-order valence-corrected chi connectivity index (χ4v) is 3.85. The molecule has 1 aliphatic heterocycles. The average molecular weight is 424 g/mol. The minimum Gasteiger partial charge on any atom is -0.363 e. The first-order valence-corrected chi connectivity index (χ1v) is 11.0. The number of likely N-dealkylation sites (tertiary alicyclic amines) is 1. The van der Waals surface area contributed by atoms with Gasteiger partial charge in [-0.25, -0.2) is 9.97 Å². The maximum atomic E-state index is 13.1. The van der Waals surface area contributed by atoms with Gasteiger partial charge in [0.1, 0.15) is 5.82 Å². The molecule has 0 aliphatic carbocycles. The molecule has 7 nitrogen and oxygen atoms in total. The SMILES string of the molecule is CC(=O)N(C)Cc1cc(N(C)C)nc([C@@H]2CCCCN2C(=O)CCc2ccccc2)n1. The lowest BCUT2D eigenvalue weighted by atomic mass is 9.99. The molecule has 2 heterocycles. The molecule has 1 aliphatic rings. The molecular weight excluding hydrogens is 390 g/mol. The molecule has 166 valence electrons. The second-order valence-corrected chi connectivity index (χ2v) is 8.43. The third-order valence-corrected chi connectivity index (χ3v) is 5.77. The predicted octanol–water partition coefficient (Wildman–Crippen LogP) is 3.21. The van der Waals surface area contributed by atoms with E-state index in [1.165, 1.54) is 5.56 Å². The van der Waals surface area contributed by atoms with E-state index in [0.29, 0.717) is 18.8 Å². The molecule has 0 spiro atoms. The fourth-order valence-electron chi connectivity index (χ4n) is 3.85. The Bertz CT molecular complexity index is 900. The van der Waals surface area contributed by atoms with Gasteiger partial charge in [0.25, 0.3) is 0 Å². The Kier molecular flexibility index (Phi) is 7.60. The van der Waals surface area contributed by atoms with Crippen molar-refractivity contribution >= 4 is 17.6 Å². The van der Waals surface area contributed by atoms with Gasteiger partial charge in [-0.3, -0.25) is 9.59 Å². The van der Waals surface area contributed by atoms with E-state index < -0.39 is 0 Å². The van der Waals surface area contributed by atoms with Gasteiger partial charge in [-0.1, -0.05) is 30.3 Å². The molecule has 1 fully saturated rings. The zero-order valence-electron chi connectivity index (χ0n) is 19.0. The predicted molar refractivity (Wildman–Crippen MR) is 122 cm³/mol. The highest BCUT2D eigenvalue weighted by atomic mass is 16.2. The van der Waals surface area contributed by atoms with Crippen LogP contribution in [-0.2, 0) is 22.6 Å². The van der Waals surface area contributed by atoms with Gasteiger partial charge in [-0.15, -0.1) is 0 Å². The molecule has 2 aromatic rings. The summed E-state index contributed by atoms with van der Waals surface area (Å²) >= 11 is 0. The smallest absolute Gasteiger partial charge is 0.223 e. The Morgan fingerprint density at radius 1 is 1.10 bits per heavy atom. The number of piperidine rings is 1. The highest BCUT2D eigenvalue weighted by Gasteiger charge is 2.30. The molecule has 1 saturated heterocycles. The molecule has 1 atom stereocenters. The van der Waals surface area contributed by atoms with E-state index in [2.05, 4.69) is 12.1 Å². The van der Waals surface area contributed by atoms with Gasteiger partial charge >= 0.3 is 0 Å². The largest absolute Gasteiger partial charge is 0.363 e. The van der Waals surface area contributed by atoms with Gasteiger partial charge in [0, 0.05) is 47.1 Å². The first kappa shape index (κ1) is 22.7. The minimum absolute atomic E-state index is 0.0121. The monoisotopic (exact) mass is 423 g/mol. The van der Waals surface area contributed by atoms with E-state index in [4.69, 9.17) is 9.97 Å². The normalized spacial score (nSPS) is 16.1. The van der Waals surface area contributed by atoms with Crippen LogP contribution in [0.3, 0.4) is 0 Å². The van der Waals surface area contributed by atoms with Crippen LogP contribution in [0.5, 0.6) is 0 Å². The number of rotatable bonds is 7. The van der Waals surface area contributed by atoms with Crippen LogP contribution >= 0.6 is 0 Å². The van der Waals surface area contributed by atoms with Crippen LogP contribution in [0.1, 0.15) is 55.7 Å². The van der Waals surface area contributed by atoms with Crippen molar-refractivity contribution < 1.29 is 9.59 Å². The van der Waals surface area contributed by atoms with E-state index in [1.807, 2.05) is 48.2 Å². The maximum Gasteiger partial charge on any atom is 0.223 e. The lowest BCUT2D eigenvalue weighted by molar-refractivity contribution is -0.135. The van der Waals surface area contributed by atoms with Crippen LogP contribution in [0.2, 0.25) is 0 Å². The number of anilines is 1. The molecule has 1 aromatic heterocycles. The summed E-state index contributed by atoms with van der Waals surface area (Å²) in [6.07, 6.45) is 4.12. The molecule has 7 heteroatoms. The van der Waals surface area contributed by atoms with Crippen molar-refractivity contribution in [1.82, 2.24) is 19.8 Å². The van der Waals surface area contributed by atoms with E-state index >= 15 is 0 Å². The number of benzene rings is 1. The number of aromatic nitrogens is 2. The Morgan fingerprint density at radius 3 is 2.52 bits per heavy atom. The second-order valence-electron chi connectivity index (χ2n) is 8.43. The summed E-state index contributed by atoms with van der Waals surface area (Å²) in [7, 11) is 5.64. The molecule has 1 aromatic carbocycles. The quantitative estimate of drug-likeness (QED) is 0.684. The van der Waals surface area contributed by atoms with Gasteiger partial charge in [0.05, 0.1) is 18.3 Å². The number of carbonyl (C=O) groups excluding carboxylic acids is 2. The van der Waals surface area contributed by atoms with Gasteiger partial charge in [-0.05, 0) is 31.2 Å². The van der Waals surface area contributed by atoms with Gasteiger partial charge in [0.2, 0.25) is 11.8 Å². The summed E-state index contributed by atoms with van der Waals surface area (Å²) in [6.45, 7) is 2.69. The van der Waals surface area contributed by atoms with E-state index in [9.17, 15) is 9.59 Å². The van der Waals surface area contributed by atoms with E-state index in [1.54, 1.807) is 18.9 Å². The number of nitrogens with zero attached hydrogens (tertiary/aromatic N) is 5. The highest BCUT2D eigenvalue weighted by molar-refractivity contribution is 5.77. The Morgan fingerprint density at radius 2 is 1.84 bits per heavy atom. The summed E-state index contributed by atoms with van der Waals surface area (Å²) in [6, 6.07) is 11.9. The third kappa shape index (κ3) is 6.03. The van der Waals surface area contributed by atoms with Crippen molar-refractivity contribution in [1.29, 1.82) is 0 Å². The Hall–Kier alpha value is -2.96. The molecule has 0 bridgehead atoms. The number of aryl methyl sites for hydroxylation is 1. The zero-order valence-corrected chi connectivity index (χ0v) is 19.0. The van der Waals surface area contributed by atoms with Crippen LogP contribution < -0.4 is 4.90 Å². The molecule has 31 heavy (non-hydrogen) atoms. The highest BCUT2D eigenvalue weighted by Crippen LogP contribution is 2.31. The number of hydrogen-bond acceptors (Lipinski definition) is 5. The van der Waals surface area contributed by atoms with Crippen molar-refractivity contribution in [3.05, 3.63) is 53.5 Å². The van der Waals surface area contributed by atoms with Crippen LogP contribution in [0, 0.1) is 0 Å². The molecule has 2 amide bonds. The fraction of sp³-hybridized carbons (Fsp3) is 0.500. The Balaban J connectivity index is 1.82. The first-order chi connectivity index (χ1) is 14.8. The van der Waals surface area contributed by atoms with Crippen LogP contribution in [0.4, 0.5) is 5.82 Å². The van der Waals surface area contributed by atoms with Gasteiger partial charge in [-0.2, -0.15) is 0 Å². The lowest BCUT2D eigenvalue weighted by Gasteiger charge is -2.35. The molecule has 0 unspecified atom stereocenters. The summed E-state index contributed by atoms with van der Waals surface area (Å²) in [5.74, 6) is 1.60. The van der Waals surface area contributed by atoms with Crippen molar-refractivity contribution in [2.75, 3.05) is 32.6 Å². The summed E-state index contributed by atoms with van der Waals surface area (Å²) in [4.78, 5) is 39.9. The van der Waals surface area contributed by atoms with Crippen molar-refractivity contribution in [2.45, 2.75) is 51.6 Å². The van der Waals surface area contributed by atoms with Gasteiger partial charge in [0.15, 0.2) is 5.82 Å². The zero-order chi connectivity index (χ0) is 22.4. The number of carbonyl (C=O) groups is 2. The number of hydrogen-bond donors (Lipinski definition) is 0. The summed E-state index contributed by atoms with van der Waals surface area (Å²) in [5.41, 5.74) is 1.96. The Labute approximate surface area is 185 Å². The van der Waals surface area contributed by atoms with Crippen LogP contribution in [-0.4, -0.2) is 59.3 Å². The molecular formula is C24H33N5O2. The topological polar surface area (TPSA) is 69.6 Å². The lowest BCUT2D eigenvalue weighted by Crippen LogP contribution is -2.39. The summed E-state index contributed by atoms with van der Waals surface area (Å²) < 4.78 is 0. The molecule has 0 saturated carbocycles. The molecule has 0 N–H and O–H groups in total. The average Bonchev–Trinajstić information content (AvgIpc) is 2.77. The standard InChI is InChI=1S/C24H33N5O2/c1-18(30)28(4)17-20-16-22(27(2)3)26-24(25-20)21-12-8-9-15-29(21)23(31)14-13-19-10-6-5-7-11-19/h5-7,10-11,16,21H,8-9,12-15,17H2,1-4H3/t21-/m0/s1. The second kappa shape index (κ2) is 10.4. The van der Waals surface area contributed by atoms with Crippen LogP contribution in [0.25, 0.3) is 0 Å². The maximum absolute atomic E-state index is 13.1. The summed E-state index contributed by atoms with van der Waals surface area (Å²) in [5, 5.41) is 0. The molecule has 0 radical (unpaired) electrons. The minimum atomic E-state index is -0.127. The number of amides is 2. The van der Waals surface area contributed by atoms with Crippen LogP contribution in [0.15, 0.2) is 36.4 Å². The van der Waals surface area contributed by atoms with Crippen molar-refractivity contribution in [3.63, 3.8) is 0 Å². The third-order valence-electron chi connectivity index (χ3n) is 5.77. The van der Waals surface area contributed by atoms with Crippen molar-refractivity contribution in [2.24, 2.45) is 0 Å². The molecule has 3 rings (SSSR count). The van der Waals surface area contributed by atoms with Gasteiger partial charge < -0.3 is 14.7 Å². The van der Waals surface area contributed by atoms with E-state index in [-0.39, 0.29) is 17.9 Å². The van der Waals surface area contributed by atoms with Crippen molar-refractivity contribution in [3.8, 4) is 0 Å². The van der Waals surface area contributed by atoms with E-state index in [0.717, 1.165) is 43.7 Å².